The van der Waals surface area contributed by atoms with E-state index in [0.29, 0.717) is 0 Å². The Morgan fingerprint density at radius 1 is 0.486 bits per heavy atom. The first-order valence-electron chi connectivity index (χ1n) is 12.9. The molecule has 1 heterocycles. The van der Waals surface area contributed by atoms with E-state index < -0.39 is 0 Å². The zero-order valence-electron chi connectivity index (χ0n) is 20.8. The van der Waals surface area contributed by atoms with Gasteiger partial charge in [-0.2, -0.15) is 0 Å². The molecular formula is C36H26N-. The van der Waals surface area contributed by atoms with E-state index in [9.17, 15) is 0 Å². The third-order valence-electron chi connectivity index (χ3n) is 7.48. The van der Waals surface area contributed by atoms with Crippen molar-refractivity contribution < 1.29 is 0 Å². The number of nitrogens with zero attached hydrogens (tertiary/aromatic N) is 1. The van der Waals surface area contributed by atoms with Crippen molar-refractivity contribution >= 4 is 38.0 Å². The van der Waals surface area contributed by atoms with Crippen molar-refractivity contribution in [1.82, 2.24) is 0 Å². The lowest BCUT2D eigenvalue weighted by Gasteiger charge is -2.29. The summed E-state index contributed by atoms with van der Waals surface area (Å²) in [4.78, 5) is 0. The lowest BCUT2D eigenvalue weighted by molar-refractivity contribution is 1.25. The molecule has 0 aliphatic carbocycles. The Balaban J connectivity index is 1.50. The molecule has 0 bridgehead atoms. The number of fused-ring (bicyclic) bond motifs is 3. The average molecular weight is 473 g/mol. The molecule has 1 aliphatic heterocycles. The van der Waals surface area contributed by atoms with Crippen molar-refractivity contribution in [2.45, 2.75) is 6.92 Å². The van der Waals surface area contributed by atoms with Gasteiger partial charge in [0, 0.05) is 0 Å². The number of hydrogen-bond acceptors (Lipinski definition) is 0. The molecule has 0 saturated heterocycles. The molecule has 0 aromatic heterocycles. The van der Waals surface area contributed by atoms with Gasteiger partial charge in [-0.1, -0.05) is 133 Å². The maximum atomic E-state index is 4.75. The number of allylic oxidation sites excluding steroid dienone is 2. The summed E-state index contributed by atoms with van der Waals surface area (Å²) in [6.45, 7) is 2.90. The summed E-state index contributed by atoms with van der Waals surface area (Å²) in [6.07, 6.45) is 4.29. The highest BCUT2D eigenvalue weighted by Crippen LogP contribution is 2.45. The Bertz CT molecular complexity index is 1810. The molecule has 0 N–H and O–H groups in total. The van der Waals surface area contributed by atoms with Crippen molar-refractivity contribution in [1.29, 1.82) is 0 Å². The minimum Gasteiger partial charge on any atom is -0.680 e. The second kappa shape index (κ2) is 8.80. The van der Waals surface area contributed by atoms with Gasteiger partial charge in [0.15, 0.2) is 0 Å². The van der Waals surface area contributed by atoms with Crippen molar-refractivity contribution in [3.63, 3.8) is 0 Å². The first kappa shape index (κ1) is 21.6. The third-order valence-corrected chi connectivity index (χ3v) is 7.48. The van der Waals surface area contributed by atoms with Gasteiger partial charge in [-0.3, -0.25) is 0 Å². The summed E-state index contributed by atoms with van der Waals surface area (Å²) >= 11 is 0. The molecule has 0 radical (unpaired) electrons. The van der Waals surface area contributed by atoms with Crippen LogP contribution in [0.25, 0.3) is 65.6 Å². The SMILES string of the molecule is CC1=CC=C(c2ccc(-c3c4ccccc4c(-c4cccc5ccccc45)c4ccccc34)cc2)[N-]C1. The van der Waals surface area contributed by atoms with E-state index in [-0.39, 0.29) is 0 Å². The molecule has 6 aromatic carbocycles. The van der Waals surface area contributed by atoms with E-state index in [1.807, 2.05) is 0 Å². The molecule has 1 nitrogen and oxygen atoms in total. The van der Waals surface area contributed by atoms with Crippen molar-refractivity contribution in [2.75, 3.05) is 6.54 Å². The molecule has 0 fully saturated rings. The highest BCUT2D eigenvalue weighted by Gasteiger charge is 2.17. The standard InChI is InChI=1S/C36H26N/c1-24-17-22-34(37-23-24)26-18-20-27(21-19-26)35-30-12-4-6-14-32(30)36(33-15-7-5-13-31(33)35)29-16-8-10-25-9-2-3-11-28(25)29/h2-22H,23H2,1H3/q-1. The number of rotatable bonds is 3. The van der Waals surface area contributed by atoms with Crippen molar-refractivity contribution in [3.05, 3.63) is 144 Å². The van der Waals surface area contributed by atoms with Crippen LogP contribution in [0, 0.1) is 0 Å². The van der Waals surface area contributed by atoms with Crippen molar-refractivity contribution in [3.8, 4) is 22.3 Å². The molecule has 0 unspecified atom stereocenters. The van der Waals surface area contributed by atoms with E-state index >= 15 is 0 Å². The fourth-order valence-corrected chi connectivity index (χ4v) is 5.70. The van der Waals surface area contributed by atoms with Crippen LogP contribution in [0.5, 0.6) is 0 Å². The molecular weight excluding hydrogens is 446 g/mol. The van der Waals surface area contributed by atoms with Gasteiger partial charge in [-0.15, -0.1) is 12.2 Å². The monoisotopic (exact) mass is 472 g/mol. The van der Waals surface area contributed by atoms with Gasteiger partial charge in [0.05, 0.1) is 0 Å². The quantitative estimate of drug-likeness (QED) is 0.227. The Morgan fingerprint density at radius 3 is 1.65 bits per heavy atom. The van der Waals surface area contributed by atoms with Crippen LogP contribution in [0.2, 0.25) is 0 Å². The molecule has 7 rings (SSSR count). The molecule has 6 aromatic rings. The molecule has 0 amide bonds. The van der Waals surface area contributed by atoms with Crippen LogP contribution >= 0.6 is 0 Å². The van der Waals surface area contributed by atoms with Crippen LogP contribution < -0.4 is 0 Å². The van der Waals surface area contributed by atoms with E-state index in [4.69, 9.17) is 5.32 Å². The average Bonchev–Trinajstić information content (AvgIpc) is 2.96. The highest BCUT2D eigenvalue weighted by atomic mass is 14.9. The van der Waals surface area contributed by atoms with Crippen molar-refractivity contribution in [2.24, 2.45) is 0 Å². The van der Waals surface area contributed by atoms with Crippen LogP contribution in [0.15, 0.2) is 133 Å². The lowest BCUT2D eigenvalue weighted by Crippen LogP contribution is -1.95. The van der Waals surface area contributed by atoms with Crippen LogP contribution in [-0.2, 0) is 0 Å². The maximum absolute atomic E-state index is 4.75. The van der Waals surface area contributed by atoms with Gasteiger partial charge >= 0.3 is 0 Å². The van der Waals surface area contributed by atoms with Gasteiger partial charge in [0.2, 0.25) is 0 Å². The second-order valence-corrected chi connectivity index (χ2v) is 9.83. The topological polar surface area (TPSA) is 14.1 Å². The predicted octanol–water partition coefficient (Wildman–Crippen LogP) is 10.2. The summed E-state index contributed by atoms with van der Waals surface area (Å²) in [5.74, 6) is 0. The lowest BCUT2D eigenvalue weighted by atomic mass is 9.84. The first-order chi connectivity index (χ1) is 18.3. The molecule has 37 heavy (non-hydrogen) atoms. The van der Waals surface area contributed by atoms with Gasteiger partial charge in [-0.25, -0.2) is 0 Å². The molecule has 0 atom stereocenters. The highest BCUT2D eigenvalue weighted by molar-refractivity contribution is 6.23. The van der Waals surface area contributed by atoms with Gasteiger partial charge < -0.3 is 5.32 Å². The zero-order valence-corrected chi connectivity index (χ0v) is 20.8. The largest absolute Gasteiger partial charge is 0.680 e. The van der Waals surface area contributed by atoms with Crippen LogP contribution in [0.1, 0.15) is 12.5 Å². The number of benzene rings is 6. The summed E-state index contributed by atoms with van der Waals surface area (Å²) in [7, 11) is 0. The van der Waals surface area contributed by atoms with Crippen LogP contribution in [-0.4, -0.2) is 6.54 Å². The first-order valence-corrected chi connectivity index (χ1v) is 12.9. The fraction of sp³-hybridized carbons (Fsp3) is 0.0556. The smallest absolute Gasteiger partial charge is 0.00201 e. The van der Waals surface area contributed by atoms with E-state index in [2.05, 4.69) is 134 Å². The van der Waals surface area contributed by atoms with E-state index in [1.54, 1.807) is 0 Å². The minimum atomic E-state index is 0.776. The molecule has 176 valence electrons. The predicted molar refractivity (Wildman–Crippen MR) is 160 cm³/mol. The number of hydrogen-bond donors (Lipinski definition) is 0. The normalized spacial score (nSPS) is 13.4. The summed E-state index contributed by atoms with van der Waals surface area (Å²) in [5.41, 5.74) is 8.60. The van der Waals surface area contributed by atoms with Gasteiger partial charge in [0.25, 0.3) is 0 Å². The molecule has 0 spiro atoms. The zero-order chi connectivity index (χ0) is 24.8. The summed E-state index contributed by atoms with van der Waals surface area (Å²) in [6, 6.07) is 42.0. The molecule has 1 heteroatoms. The molecule has 1 aliphatic rings. The Hall–Kier alpha value is -4.62. The Labute approximate surface area is 217 Å². The van der Waals surface area contributed by atoms with Crippen LogP contribution in [0.3, 0.4) is 0 Å². The summed E-state index contributed by atoms with van der Waals surface area (Å²) in [5, 5.41) is 12.4. The minimum absolute atomic E-state index is 0.776. The van der Waals surface area contributed by atoms with Gasteiger partial charge in [-0.05, 0) is 67.1 Å². The maximum Gasteiger partial charge on any atom is -0.00201 e. The van der Waals surface area contributed by atoms with Gasteiger partial charge in [0.1, 0.15) is 0 Å². The third kappa shape index (κ3) is 3.63. The Kier molecular flexibility index (Phi) is 5.15. The van der Waals surface area contributed by atoms with Crippen LogP contribution in [0.4, 0.5) is 0 Å². The summed E-state index contributed by atoms with van der Waals surface area (Å²) < 4.78 is 0. The second-order valence-electron chi connectivity index (χ2n) is 9.83. The fourth-order valence-electron chi connectivity index (χ4n) is 5.70. The Morgan fingerprint density at radius 2 is 1.03 bits per heavy atom. The van der Waals surface area contributed by atoms with E-state index in [1.165, 1.54) is 60.1 Å². The molecule has 0 saturated carbocycles. The van der Waals surface area contributed by atoms with E-state index in [0.717, 1.165) is 17.8 Å².